The maximum absolute atomic E-state index is 12.1. The predicted octanol–water partition coefficient (Wildman–Crippen LogP) is 3.39. The van der Waals surface area contributed by atoms with Gasteiger partial charge in [0.15, 0.2) is 0 Å². The van der Waals surface area contributed by atoms with E-state index in [2.05, 4.69) is 11.8 Å². The van der Waals surface area contributed by atoms with E-state index < -0.39 is 0 Å². The maximum Gasteiger partial charge on any atom is 0.225 e. The Morgan fingerprint density at radius 1 is 1.10 bits per heavy atom. The second kappa shape index (κ2) is 7.62. The van der Waals surface area contributed by atoms with Crippen LogP contribution in [-0.2, 0) is 4.79 Å². The van der Waals surface area contributed by atoms with E-state index in [0.717, 1.165) is 24.7 Å². The molecule has 21 heavy (non-hydrogen) atoms. The number of hydrogen-bond acceptors (Lipinski definition) is 2. The molecule has 0 spiro atoms. The minimum Gasteiger partial charge on any atom is -0.342 e. The molecule has 0 aromatic heterocycles. The van der Waals surface area contributed by atoms with Gasteiger partial charge in [0.1, 0.15) is 0 Å². The number of nitrogens with zero attached hydrogens (tertiary/aromatic N) is 2. The first-order valence-corrected chi connectivity index (χ1v) is 8.96. The van der Waals surface area contributed by atoms with E-state index in [1.165, 1.54) is 45.3 Å². The van der Waals surface area contributed by atoms with Crippen molar-refractivity contribution in [3.63, 3.8) is 0 Å². The van der Waals surface area contributed by atoms with Gasteiger partial charge in [0, 0.05) is 38.6 Å². The Kier molecular flexibility index (Phi) is 6.09. The lowest BCUT2D eigenvalue weighted by Gasteiger charge is -2.39. The van der Waals surface area contributed by atoms with Crippen molar-refractivity contribution in [1.29, 1.82) is 0 Å². The Labute approximate surface area is 131 Å². The van der Waals surface area contributed by atoms with Crippen LogP contribution >= 0.6 is 0 Å². The molecular weight excluding hydrogens is 260 g/mol. The molecule has 1 saturated carbocycles. The molecule has 2 rings (SSSR count). The summed E-state index contributed by atoms with van der Waals surface area (Å²) in [6.07, 6.45) is 8.00. The molecule has 3 nitrogen and oxygen atoms in total. The van der Waals surface area contributed by atoms with E-state index in [4.69, 9.17) is 0 Å². The number of hydrogen-bond donors (Lipinski definition) is 0. The van der Waals surface area contributed by atoms with E-state index in [1.807, 2.05) is 25.8 Å². The molecule has 122 valence electrons. The molecule has 0 radical (unpaired) electrons. The van der Waals surface area contributed by atoms with E-state index in [9.17, 15) is 4.79 Å². The standard InChI is InChI=1S/C18H34N2O/c1-14(2)18(21)19(4)17-9-11-20(12-10-17)13-16-7-5-15(3)6-8-16/h14-17H,5-13H2,1-4H3. The van der Waals surface area contributed by atoms with E-state index >= 15 is 0 Å². The fraction of sp³-hybridized carbons (Fsp3) is 0.944. The third-order valence-corrected chi connectivity index (χ3v) is 5.60. The van der Waals surface area contributed by atoms with Crippen LogP contribution in [0.5, 0.6) is 0 Å². The molecule has 0 aromatic carbocycles. The van der Waals surface area contributed by atoms with Gasteiger partial charge in [-0.05, 0) is 37.5 Å². The molecule has 2 aliphatic rings. The highest BCUT2D eigenvalue weighted by Gasteiger charge is 2.28. The second-order valence-electron chi connectivity index (χ2n) is 7.76. The van der Waals surface area contributed by atoms with Crippen molar-refractivity contribution in [3.8, 4) is 0 Å². The second-order valence-corrected chi connectivity index (χ2v) is 7.76. The summed E-state index contributed by atoms with van der Waals surface area (Å²) in [6.45, 7) is 10.0. The third kappa shape index (κ3) is 4.70. The summed E-state index contributed by atoms with van der Waals surface area (Å²) in [6, 6.07) is 0.461. The summed E-state index contributed by atoms with van der Waals surface area (Å²) < 4.78 is 0. The number of carbonyl (C=O) groups excluding carboxylic acids is 1. The maximum atomic E-state index is 12.1. The molecule has 1 heterocycles. The largest absolute Gasteiger partial charge is 0.342 e. The van der Waals surface area contributed by atoms with Gasteiger partial charge in [-0.1, -0.05) is 33.6 Å². The van der Waals surface area contributed by atoms with Gasteiger partial charge in [-0.25, -0.2) is 0 Å². The molecule has 1 amide bonds. The van der Waals surface area contributed by atoms with Crippen LogP contribution in [0.3, 0.4) is 0 Å². The van der Waals surface area contributed by atoms with E-state index in [0.29, 0.717) is 11.9 Å². The van der Waals surface area contributed by atoms with Crippen LogP contribution < -0.4 is 0 Å². The summed E-state index contributed by atoms with van der Waals surface area (Å²) in [7, 11) is 1.99. The molecule has 0 N–H and O–H groups in total. The lowest BCUT2D eigenvalue weighted by molar-refractivity contribution is -0.136. The zero-order valence-electron chi connectivity index (χ0n) is 14.5. The molecule has 1 aliphatic carbocycles. The van der Waals surface area contributed by atoms with Crippen molar-refractivity contribution in [1.82, 2.24) is 9.80 Å². The van der Waals surface area contributed by atoms with Crippen LogP contribution in [0.25, 0.3) is 0 Å². The van der Waals surface area contributed by atoms with Gasteiger partial charge in [-0.2, -0.15) is 0 Å². The lowest BCUT2D eigenvalue weighted by Crippen LogP contribution is -2.47. The minimum atomic E-state index is 0.122. The summed E-state index contributed by atoms with van der Waals surface area (Å²) in [5.74, 6) is 2.29. The molecule has 0 aromatic rings. The fourth-order valence-corrected chi connectivity index (χ4v) is 3.95. The minimum absolute atomic E-state index is 0.122. The van der Waals surface area contributed by atoms with Crippen molar-refractivity contribution in [3.05, 3.63) is 0 Å². The van der Waals surface area contributed by atoms with Crippen molar-refractivity contribution in [2.75, 3.05) is 26.7 Å². The number of rotatable bonds is 4. The summed E-state index contributed by atoms with van der Waals surface area (Å²) in [5, 5.41) is 0. The van der Waals surface area contributed by atoms with E-state index in [1.54, 1.807) is 0 Å². The van der Waals surface area contributed by atoms with Gasteiger partial charge < -0.3 is 9.80 Å². The lowest BCUT2D eigenvalue weighted by atomic mass is 9.82. The van der Waals surface area contributed by atoms with Crippen molar-refractivity contribution < 1.29 is 4.79 Å². The SMILES string of the molecule is CC1CCC(CN2CCC(N(C)C(=O)C(C)C)CC2)CC1. The topological polar surface area (TPSA) is 23.6 Å². The average Bonchev–Trinajstić information content (AvgIpc) is 2.49. The van der Waals surface area contributed by atoms with Gasteiger partial charge in [0.05, 0.1) is 0 Å². The van der Waals surface area contributed by atoms with Crippen molar-refractivity contribution in [2.24, 2.45) is 17.8 Å². The van der Waals surface area contributed by atoms with Gasteiger partial charge in [0.2, 0.25) is 5.91 Å². The van der Waals surface area contributed by atoms with Crippen LogP contribution in [0.4, 0.5) is 0 Å². The zero-order chi connectivity index (χ0) is 15.4. The first-order valence-electron chi connectivity index (χ1n) is 8.96. The smallest absolute Gasteiger partial charge is 0.225 e. The molecule has 3 heteroatoms. The predicted molar refractivity (Wildman–Crippen MR) is 88.2 cm³/mol. The van der Waals surface area contributed by atoms with Crippen molar-refractivity contribution >= 4 is 5.91 Å². The Balaban J connectivity index is 1.72. The molecule has 0 bridgehead atoms. The highest BCUT2D eigenvalue weighted by molar-refractivity contribution is 5.78. The van der Waals surface area contributed by atoms with Gasteiger partial charge in [0.25, 0.3) is 0 Å². The Bertz CT molecular complexity index is 326. The molecule has 1 aliphatic heterocycles. The summed E-state index contributed by atoms with van der Waals surface area (Å²) in [5.41, 5.74) is 0. The van der Waals surface area contributed by atoms with Crippen LogP contribution in [0, 0.1) is 17.8 Å². The summed E-state index contributed by atoms with van der Waals surface area (Å²) >= 11 is 0. The fourth-order valence-electron chi connectivity index (χ4n) is 3.95. The van der Waals surface area contributed by atoms with Gasteiger partial charge in [-0.15, -0.1) is 0 Å². The number of amides is 1. The summed E-state index contributed by atoms with van der Waals surface area (Å²) in [4.78, 5) is 16.7. The molecule has 1 saturated heterocycles. The number of carbonyl (C=O) groups is 1. The number of likely N-dealkylation sites (tertiary alicyclic amines) is 1. The Morgan fingerprint density at radius 2 is 1.67 bits per heavy atom. The van der Waals surface area contributed by atoms with Gasteiger partial charge in [-0.3, -0.25) is 4.79 Å². The van der Waals surface area contributed by atoms with Crippen molar-refractivity contribution in [2.45, 2.75) is 65.3 Å². The van der Waals surface area contributed by atoms with Crippen LogP contribution in [-0.4, -0.2) is 48.4 Å². The third-order valence-electron chi connectivity index (χ3n) is 5.60. The normalized spacial score (nSPS) is 28.8. The average molecular weight is 294 g/mol. The molecular formula is C18H34N2O. The highest BCUT2D eigenvalue weighted by Crippen LogP contribution is 2.29. The zero-order valence-corrected chi connectivity index (χ0v) is 14.5. The quantitative estimate of drug-likeness (QED) is 0.793. The van der Waals surface area contributed by atoms with Crippen LogP contribution in [0.2, 0.25) is 0 Å². The monoisotopic (exact) mass is 294 g/mol. The van der Waals surface area contributed by atoms with Crippen LogP contribution in [0.15, 0.2) is 0 Å². The highest BCUT2D eigenvalue weighted by atomic mass is 16.2. The molecule has 2 fully saturated rings. The Morgan fingerprint density at radius 3 is 2.19 bits per heavy atom. The van der Waals surface area contributed by atoms with Gasteiger partial charge >= 0.3 is 0 Å². The number of piperidine rings is 1. The molecule has 0 atom stereocenters. The first-order chi connectivity index (χ1) is 9.97. The molecule has 0 unspecified atom stereocenters. The first kappa shape index (κ1) is 16.8. The van der Waals surface area contributed by atoms with E-state index in [-0.39, 0.29) is 5.92 Å². The van der Waals surface area contributed by atoms with Crippen LogP contribution in [0.1, 0.15) is 59.3 Å². The Hall–Kier alpha value is -0.570.